The summed E-state index contributed by atoms with van der Waals surface area (Å²) in [4.78, 5) is 30.0. The highest BCUT2D eigenvalue weighted by Gasteiger charge is 2.11. The minimum atomic E-state index is -0.256. The highest BCUT2D eigenvalue weighted by atomic mass is 32.1. The Labute approximate surface area is 194 Å². The average molecular weight is 465 g/mol. The van der Waals surface area contributed by atoms with Gasteiger partial charge in [0.15, 0.2) is 0 Å². The summed E-state index contributed by atoms with van der Waals surface area (Å²) in [5.74, 6) is 1.34. The second kappa shape index (κ2) is 9.83. The number of carbonyl (C=O) groups is 1. The summed E-state index contributed by atoms with van der Waals surface area (Å²) in [5, 5.41) is 8.09. The van der Waals surface area contributed by atoms with Crippen LogP contribution in [0.1, 0.15) is 34.9 Å². The van der Waals surface area contributed by atoms with Crippen molar-refractivity contribution in [1.29, 1.82) is 0 Å². The lowest BCUT2D eigenvalue weighted by Crippen LogP contribution is -2.16. The number of hydrogen-bond donors (Lipinski definition) is 1. The van der Waals surface area contributed by atoms with E-state index < -0.39 is 0 Å². The molecular formula is C24H24N4O4S. The molecular weight excluding hydrogens is 440 g/mol. The molecule has 4 rings (SSSR count). The van der Waals surface area contributed by atoms with Crippen molar-refractivity contribution in [2.45, 2.75) is 26.9 Å². The van der Waals surface area contributed by atoms with E-state index in [-0.39, 0.29) is 18.1 Å². The molecule has 8 nitrogen and oxygen atoms in total. The zero-order valence-corrected chi connectivity index (χ0v) is 19.4. The lowest BCUT2D eigenvalue weighted by molar-refractivity contribution is 0.102. The fourth-order valence-electron chi connectivity index (χ4n) is 3.19. The Morgan fingerprint density at radius 3 is 2.70 bits per heavy atom. The maximum absolute atomic E-state index is 12.5. The van der Waals surface area contributed by atoms with E-state index in [2.05, 4.69) is 29.2 Å². The highest BCUT2D eigenvalue weighted by molar-refractivity contribution is 7.16. The van der Waals surface area contributed by atoms with Gasteiger partial charge >= 0.3 is 0 Å². The number of nitrogens with zero attached hydrogens (tertiary/aromatic N) is 3. The molecule has 2 aromatic carbocycles. The molecule has 2 heterocycles. The second-order valence-corrected chi connectivity index (χ2v) is 8.92. The fourth-order valence-corrected chi connectivity index (χ4v) is 4.32. The minimum absolute atomic E-state index is 0.121. The van der Waals surface area contributed by atoms with Crippen LogP contribution in [0.4, 0.5) is 5.69 Å². The molecule has 0 unspecified atom stereocenters. The molecule has 0 aliphatic rings. The van der Waals surface area contributed by atoms with Crippen LogP contribution in [0.15, 0.2) is 59.4 Å². The normalized spacial score (nSPS) is 11.0. The SMILES string of the molecule is COc1cccc(C(=O)Nc2cccc(OCc3cc(=O)n4nc(CC(C)C)sc4n3)c2)c1. The summed E-state index contributed by atoms with van der Waals surface area (Å²) < 4.78 is 12.3. The molecule has 0 radical (unpaired) electrons. The summed E-state index contributed by atoms with van der Waals surface area (Å²) in [5.41, 5.74) is 1.36. The summed E-state index contributed by atoms with van der Waals surface area (Å²) in [6.07, 6.45) is 0.799. The largest absolute Gasteiger partial charge is 0.497 e. The van der Waals surface area contributed by atoms with Crippen LogP contribution in [0.5, 0.6) is 11.5 Å². The molecule has 0 atom stereocenters. The standard InChI is InChI=1S/C24H24N4O4S/c1-15(2)10-21-27-28-22(29)13-18(26-24(28)33-21)14-32-20-9-5-7-17(12-20)25-23(30)16-6-4-8-19(11-16)31-3/h4-9,11-13,15H,10,14H2,1-3H3,(H,25,30). The van der Waals surface area contributed by atoms with Crippen LogP contribution in [0.3, 0.4) is 0 Å². The third kappa shape index (κ3) is 5.56. The lowest BCUT2D eigenvalue weighted by Gasteiger charge is -2.10. The summed E-state index contributed by atoms with van der Waals surface area (Å²) in [6.45, 7) is 4.33. The Morgan fingerprint density at radius 2 is 1.91 bits per heavy atom. The van der Waals surface area contributed by atoms with Gasteiger partial charge < -0.3 is 14.8 Å². The van der Waals surface area contributed by atoms with E-state index in [1.54, 1.807) is 55.6 Å². The Balaban J connectivity index is 1.44. The number of nitrogens with one attached hydrogen (secondary N) is 1. The average Bonchev–Trinajstić information content (AvgIpc) is 3.20. The first-order chi connectivity index (χ1) is 15.9. The molecule has 9 heteroatoms. The van der Waals surface area contributed by atoms with E-state index in [1.807, 2.05) is 0 Å². The maximum atomic E-state index is 12.5. The van der Waals surface area contributed by atoms with E-state index in [9.17, 15) is 9.59 Å². The first-order valence-electron chi connectivity index (χ1n) is 10.5. The van der Waals surface area contributed by atoms with E-state index in [4.69, 9.17) is 9.47 Å². The van der Waals surface area contributed by atoms with Crippen LogP contribution in [0, 0.1) is 5.92 Å². The van der Waals surface area contributed by atoms with Crippen LogP contribution >= 0.6 is 11.3 Å². The number of fused-ring (bicyclic) bond motifs is 1. The lowest BCUT2D eigenvalue weighted by atomic mass is 10.1. The molecule has 0 saturated heterocycles. The molecule has 170 valence electrons. The smallest absolute Gasteiger partial charge is 0.275 e. The Morgan fingerprint density at radius 1 is 1.12 bits per heavy atom. The van der Waals surface area contributed by atoms with Crippen molar-refractivity contribution in [3.05, 3.63) is 81.2 Å². The Kier molecular flexibility index (Phi) is 6.69. The highest BCUT2D eigenvalue weighted by Crippen LogP contribution is 2.21. The number of amides is 1. The van der Waals surface area contributed by atoms with Gasteiger partial charge in [0.05, 0.1) is 12.8 Å². The summed E-state index contributed by atoms with van der Waals surface area (Å²) in [7, 11) is 1.55. The zero-order valence-electron chi connectivity index (χ0n) is 18.6. The molecule has 0 aliphatic heterocycles. The van der Waals surface area contributed by atoms with Crippen molar-refractivity contribution >= 4 is 27.9 Å². The van der Waals surface area contributed by atoms with Crippen molar-refractivity contribution in [3.63, 3.8) is 0 Å². The number of ether oxygens (including phenoxy) is 2. The van der Waals surface area contributed by atoms with Gasteiger partial charge in [0.25, 0.3) is 11.5 Å². The quantitative estimate of drug-likeness (QED) is 0.420. The van der Waals surface area contributed by atoms with Gasteiger partial charge in [-0.1, -0.05) is 37.3 Å². The Hall–Kier alpha value is -3.72. The topological polar surface area (TPSA) is 94.8 Å². The van der Waals surface area contributed by atoms with Crippen LogP contribution in [0.25, 0.3) is 4.96 Å². The van der Waals surface area contributed by atoms with Crippen molar-refractivity contribution in [1.82, 2.24) is 14.6 Å². The molecule has 0 saturated carbocycles. The zero-order chi connectivity index (χ0) is 23.4. The number of carbonyl (C=O) groups excluding carboxylic acids is 1. The van der Waals surface area contributed by atoms with Crippen molar-refractivity contribution in [3.8, 4) is 11.5 Å². The van der Waals surface area contributed by atoms with Gasteiger partial charge in [-0.05, 0) is 36.2 Å². The first-order valence-corrected chi connectivity index (χ1v) is 11.3. The number of anilines is 1. The fraction of sp³-hybridized carbons (Fsp3) is 0.250. The molecule has 2 aromatic heterocycles. The molecule has 0 fully saturated rings. The van der Waals surface area contributed by atoms with Gasteiger partial charge in [0.1, 0.15) is 23.1 Å². The van der Waals surface area contributed by atoms with Crippen LogP contribution in [0.2, 0.25) is 0 Å². The maximum Gasteiger partial charge on any atom is 0.275 e. The molecule has 1 amide bonds. The van der Waals surface area contributed by atoms with Gasteiger partial charge in [-0.2, -0.15) is 9.61 Å². The predicted molar refractivity (Wildman–Crippen MR) is 127 cm³/mol. The van der Waals surface area contributed by atoms with Crippen molar-refractivity contribution in [2.75, 3.05) is 12.4 Å². The third-order valence-corrected chi connectivity index (χ3v) is 5.66. The van der Waals surface area contributed by atoms with Gasteiger partial charge in [-0.15, -0.1) is 0 Å². The number of benzene rings is 2. The number of methoxy groups -OCH3 is 1. The second-order valence-electron chi connectivity index (χ2n) is 7.88. The van der Waals surface area contributed by atoms with Gasteiger partial charge in [-0.3, -0.25) is 9.59 Å². The molecule has 0 bridgehead atoms. The van der Waals surface area contributed by atoms with E-state index in [0.717, 1.165) is 11.4 Å². The van der Waals surface area contributed by atoms with E-state index in [1.165, 1.54) is 21.9 Å². The molecule has 33 heavy (non-hydrogen) atoms. The number of rotatable bonds is 8. The molecule has 0 spiro atoms. The van der Waals surface area contributed by atoms with Gasteiger partial charge in [0.2, 0.25) is 4.96 Å². The summed E-state index contributed by atoms with van der Waals surface area (Å²) in [6, 6.07) is 15.4. The first kappa shape index (κ1) is 22.5. The van der Waals surface area contributed by atoms with Crippen LogP contribution < -0.4 is 20.3 Å². The van der Waals surface area contributed by atoms with E-state index >= 15 is 0 Å². The van der Waals surface area contributed by atoms with Gasteiger partial charge in [-0.25, -0.2) is 4.98 Å². The van der Waals surface area contributed by atoms with E-state index in [0.29, 0.717) is 39.3 Å². The van der Waals surface area contributed by atoms with Crippen LogP contribution in [-0.4, -0.2) is 27.6 Å². The van der Waals surface area contributed by atoms with Crippen molar-refractivity contribution < 1.29 is 14.3 Å². The predicted octanol–water partition coefficient (Wildman–Crippen LogP) is 4.19. The number of aromatic nitrogens is 3. The molecule has 0 aliphatic carbocycles. The minimum Gasteiger partial charge on any atom is -0.497 e. The Bertz CT molecular complexity index is 1350. The molecule has 4 aromatic rings. The van der Waals surface area contributed by atoms with Crippen molar-refractivity contribution in [2.24, 2.45) is 5.92 Å². The van der Waals surface area contributed by atoms with Gasteiger partial charge in [0, 0.05) is 29.8 Å². The summed E-state index contributed by atoms with van der Waals surface area (Å²) >= 11 is 1.41. The van der Waals surface area contributed by atoms with Crippen LogP contribution in [-0.2, 0) is 13.0 Å². The monoisotopic (exact) mass is 464 g/mol. The molecule has 1 N–H and O–H groups in total. The third-order valence-electron chi connectivity index (χ3n) is 4.73. The number of hydrogen-bond acceptors (Lipinski definition) is 7.